The summed E-state index contributed by atoms with van der Waals surface area (Å²) in [4.78, 5) is 0.536. The molecule has 5 heteroatoms. The quantitative estimate of drug-likeness (QED) is 0.162. The molecular formula is C58H35NO3S. The lowest BCUT2D eigenvalue weighted by molar-refractivity contribution is 0.596. The van der Waals surface area contributed by atoms with Gasteiger partial charge in [0.2, 0.25) is 9.84 Å². The van der Waals surface area contributed by atoms with E-state index in [1.165, 1.54) is 16.2 Å². The van der Waals surface area contributed by atoms with E-state index in [9.17, 15) is 8.42 Å². The van der Waals surface area contributed by atoms with Crippen LogP contribution in [0.2, 0.25) is 0 Å². The number of furan rings is 1. The summed E-state index contributed by atoms with van der Waals surface area (Å²) in [5.41, 5.74) is 9.02. The maximum Gasteiger partial charge on any atom is 0.206 e. The first kappa shape index (κ1) is 35.7. The maximum absolute atomic E-state index is 14.1. The SMILES string of the molecule is O=S(=O)(c1ccccc1)c1ccc2c(c1)c1cc(-c3c4ccccc4c(-c4cc5ccccc5c5c4oc4ccc6ccccc6c45)c4ccccc34)ccc1n2-c1ccccc1. The van der Waals surface area contributed by atoms with Crippen LogP contribution in [0.5, 0.6) is 0 Å². The Kier molecular flexibility index (Phi) is 7.66. The van der Waals surface area contributed by atoms with E-state index in [2.05, 4.69) is 150 Å². The second kappa shape index (κ2) is 13.5. The summed E-state index contributed by atoms with van der Waals surface area (Å²) in [6.45, 7) is 0. The average Bonchev–Trinajstić information content (AvgIpc) is 3.90. The van der Waals surface area contributed by atoms with E-state index in [4.69, 9.17) is 4.42 Å². The molecule has 296 valence electrons. The second-order valence-electron chi connectivity index (χ2n) is 16.4. The zero-order valence-corrected chi connectivity index (χ0v) is 34.6. The van der Waals surface area contributed by atoms with Crippen molar-refractivity contribution in [2.45, 2.75) is 9.79 Å². The molecule has 13 aromatic rings. The third-order valence-corrected chi connectivity index (χ3v) is 14.7. The molecule has 4 nitrogen and oxygen atoms in total. The van der Waals surface area contributed by atoms with Crippen molar-refractivity contribution in [1.29, 1.82) is 0 Å². The minimum Gasteiger partial charge on any atom is -0.455 e. The topological polar surface area (TPSA) is 52.2 Å². The Balaban J connectivity index is 1.11. The van der Waals surface area contributed by atoms with Crippen LogP contribution in [0, 0.1) is 0 Å². The molecule has 0 atom stereocenters. The van der Waals surface area contributed by atoms with Crippen molar-refractivity contribution in [2.24, 2.45) is 0 Å². The highest BCUT2D eigenvalue weighted by molar-refractivity contribution is 7.91. The number of rotatable bonds is 5. The Hall–Kier alpha value is -7.99. The minimum absolute atomic E-state index is 0.263. The van der Waals surface area contributed by atoms with Crippen molar-refractivity contribution in [1.82, 2.24) is 4.57 Å². The Morgan fingerprint density at radius 1 is 0.381 bits per heavy atom. The zero-order valence-electron chi connectivity index (χ0n) is 33.8. The molecule has 0 saturated carbocycles. The molecule has 0 amide bonds. The molecule has 0 bridgehead atoms. The number of sulfone groups is 1. The largest absolute Gasteiger partial charge is 0.455 e. The van der Waals surface area contributed by atoms with E-state index in [0.29, 0.717) is 0 Å². The molecule has 0 aliphatic heterocycles. The van der Waals surface area contributed by atoms with Crippen molar-refractivity contribution in [3.8, 4) is 27.9 Å². The molecule has 2 aromatic heterocycles. The molecule has 13 rings (SSSR count). The molecule has 0 saturated heterocycles. The molecule has 0 aliphatic rings. The monoisotopic (exact) mass is 825 g/mol. The van der Waals surface area contributed by atoms with Crippen molar-refractivity contribution in [3.05, 3.63) is 212 Å². The first-order valence-electron chi connectivity index (χ1n) is 21.2. The fourth-order valence-electron chi connectivity index (χ4n) is 10.2. The van der Waals surface area contributed by atoms with E-state index < -0.39 is 9.84 Å². The van der Waals surface area contributed by atoms with Gasteiger partial charge in [-0.3, -0.25) is 0 Å². The summed E-state index contributed by atoms with van der Waals surface area (Å²) in [6.07, 6.45) is 0. The van der Waals surface area contributed by atoms with E-state index in [1.54, 1.807) is 30.3 Å². The number of benzene rings is 11. The van der Waals surface area contributed by atoms with Gasteiger partial charge in [-0.05, 0) is 121 Å². The summed E-state index contributed by atoms with van der Waals surface area (Å²) >= 11 is 0. The molecule has 0 unspecified atom stereocenters. The summed E-state index contributed by atoms with van der Waals surface area (Å²) in [6, 6.07) is 72.3. The fourth-order valence-corrected chi connectivity index (χ4v) is 11.5. The van der Waals surface area contributed by atoms with Gasteiger partial charge in [0, 0.05) is 38.4 Å². The number of hydrogen-bond donors (Lipinski definition) is 0. The lowest BCUT2D eigenvalue weighted by Gasteiger charge is -2.18. The van der Waals surface area contributed by atoms with Crippen LogP contribution in [0.1, 0.15) is 0 Å². The summed E-state index contributed by atoms with van der Waals surface area (Å²) in [5, 5.41) is 13.3. The Labute approximate surface area is 362 Å². The van der Waals surface area contributed by atoms with Crippen LogP contribution in [-0.2, 0) is 9.84 Å². The number of hydrogen-bond acceptors (Lipinski definition) is 3. The van der Waals surface area contributed by atoms with E-state index in [-0.39, 0.29) is 9.79 Å². The number of para-hydroxylation sites is 1. The molecule has 0 aliphatic carbocycles. The van der Waals surface area contributed by atoms with Gasteiger partial charge in [-0.15, -0.1) is 0 Å². The van der Waals surface area contributed by atoms with E-state index in [0.717, 1.165) is 98.6 Å². The number of aromatic nitrogens is 1. The maximum atomic E-state index is 14.1. The molecular weight excluding hydrogens is 791 g/mol. The molecule has 0 N–H and O–H groups in total. The first-order valence-corrected chi connectivity index (χ1v) is 22.6. The van der Waals surface area contributed by atoms with Gasteiger partial charge in [0.05, 0.1) is 20.8 Å². The van der Waals surface area contributed by atoms with Crippen molar-refractivity contribution in [3.63, 3.8) is 0 Å². The number of nitrogens with zero attached hydrogens (tertiary/aromatic N) is 1. The summed E-state index contributed by atoms with van der Waals surface area (Å²) < 4.78 is 37.4. The summed E-state index contributed by atoms with van der Waals surface area (Å²) in [5.74, 6) is 0. The highest BCUT2D eigenvalue weighted by atomic mass is 32.2. The molecule has 0 spiro atoms. The van der Waals surface area contributed by atoms with Crippen LogP contribution in [0.3, 0.4) is 0 Å². The van der Waals surface area contributed by atoms with Gasteiger partial charge in [-0.25, -0.2) is 8.42 Å². The smallest absolute Gasteiger partial charge is 0.206 e. The predicted octanol–water partition coefficient (Wildman–Crippen LogP) is 15.5. The lowest BCUT2D eigenvalue weighted by atomic mass is 9.84. The molecule has 0 fully saturated rings. The normalized spacial score (nSPS) is 12.3. The van der Waals surface area contributed by atoms with Gasteiger partial charge in [-0.2, -0.15) is 0 Å². The Morgan fingerprint density at radius 2 is 0.921 bits per heavy atom. The lowest BCUT2D eigenvalue weighted by Crippen LogP contribution is -2.01. The highest BCUT2D eigenvalue weighted by Crippen LogP contribution is 2.50. The average molecular weight is 826 g/mol. The first-order chi connectivity index (χ1) is 31.0. The van der Waals surface area contributed by atoms with Crippen LogP contribution in [0.4, 0.5) is 0 Å². The van der Waals surface area contributed by atoms with Gasteiger partial charge in [0.25, 0.3) is 0 Å². The highest BCUT2D eigenvalue weighted by Gasteiger charge is 2.25. The standard InChI is InChI=1S/C58H35NO3S/c60-63(61,40-19-5-2-6-20-40)41-29-31-52-49(35-41)48-34-38(27-30-51(48)59(52)39-17-3-1-4-18-39)54-44-23-11-13-25-46(44)55(47-26-14-12-24-45(47)54)50-33-37-16-8-10-22-43(37)57-56-42-21-9-7-15-36(42)28-32-53(56)62-58(50)57/h1-35H. The fraction of sp³-hybridized carbons (Fsp3) is 0. The molecule has 11 aromatic carbocycles. The molecule has 2 heterocycles. The molecule has 0 radical (unpaired) electrons. The van der Waals surface area contributed by atoms with E-state index >= 15 is 0 Å². The number of fused-ring (bicyclic) bond motifs is 12. The predicted molar refractivity (Wildman–Crippen MR) is 261 cm³/mol. The van der Waals surface area contributed by atoms with Crippen LogP contribution in [0.15, 0.2) is 227 Å². The van der Waals surface area contributed by atoms with Crippen LogP contribution in [0.25, 0.3) is 115 Å². The summed E-state index contributed by atoms with van der Waals surface area (Å²) in [7, 11) is -3.77. The van der Waals surface area contributed by atoms with Gasteiger partial charge in [0.15, 0.2) is 0 Å². The van der Waals surface area contributed by atoms with Gasteiger partial charge in [-0.1, -0.05) is 146 Å². The van der Waals surface area contributed by atoms with Crippen molar-refractivity contribution < 1.29 is 12.8 Å². The third kappa shape index (κ3) is 5.24. The third-order valence-electron chi connectivity index (χ3n) is 13.0. The molecule has 63 heavy (non-hydrogen) atoms. The van der Waals surface area contributed by atoms with Crippen LogP contribution in [-0.4, -0.2) is 13.0 Å². The van der Waals surface area contributed by atoms with Crippen molar-refractivity contribution >= 4 is 96.7 Å². The Morgan fingerprint density at radius 3 is 1.60 bits per heavy atom. The zero-order chi connectivity index (χ0) is 41.8. The van der Waals surface area contributed by atoms with Crippen molar-refractivity contribution in [2.75, 3.05) is 0 Å². The van der Waals surface area contributed by atoms with Crippen LogP contribution >= 0.6 is 0 Å². The minimum atomic E-state index is -3.77. The Bertz CT molecular complexity index is 4090. The van der Waals surface area contributed by atoms with Gasteiger partial charge < -0.3 is 8.98 Å². The second-order valence-corrected chi connectivity index (χ2v) is 18.3. The van der Waals surface area contributed by atoms with Gasteiger partial charge in [0.1, 0.15) is 11.2 Å². The van der Waals surface area contributed by atoms with Gasteiger partial charge >= 0.3 is 0 Å². The van der Waals surface area contributed by atoms with Crippen LogP contribution < -0.4 is 0 Å². The van der Waals surface area contributed by atoms with E-state index in [1.807, 2.05) is 36.4 Å².